The van der Waals surface area contributed by atoms with Crippen LogP contribution in [-0.4, -0.2) is 49.2 Å². The number of ether oxygens (including phenoxy) is 1. The summed E-state index contributed by atoms with van der Waals surface area (Å²) in [6.45, 7) is 7.96. The van der Waals surface area contributed by atoms with Gasteiger partial charge in [-0.1, -0.05) is 0 Å². The van der Waals surface area contributed by atoms with E-state index < -0.39 is 25.1 Å². The summed E-state index contributed by atoms with van der Waals surface area (Å²) in [6, 6.07) is 5.95. The van der Waals surface area contributed by atoms with Gasteiger partial charge in [0.25, 0.3) is 0 Å². The van der Waals surface area contributed by atoms with E-state index >= 15 is 0 Å². The molecule has 0 saturated heterocycles. The third-order valence-corrected chi connectivity index (χ3v) is 8.50. The quantitative estimate of drug-likeness (QED) is 0.581. The molecule has 140 valence electrons. The van der Waals surface area contributed by atoms with Gasteiger partial charge in [-0.2, -0.15) is 0 Å². The first-order chi connectivity index (χ1) is 11.5. The molecule has 0 aromatic heterocycles. The van der Waals surface area contributed by atoms with Crippen LogP contribution in [0.2, 0.25) is 17.3 Å². The van der Waals surface area contributed by atoms with Gasteiger partial charge >= 0.3 is 154 Å². The number of carbonyl (C=O) groups is 2. The van der Waals surface area contributed by atoms with Crippen LogP contribution in [0.15, 0.2) is 18.2 Å². The van der Waals surface area contributed by atoms with Crippen LogP contribution in [0.1, 0.15) is 33.3 Å². The molecule has 0 spiro atoms. The molecule has 0 saturated carbocycles. The Morgan fingerprint density at radius 2 is 1.68 bits per heavy atom. The molecule has 0 aliphatic rings. The van der Waals surface area contributed by atoms with E-state index in [-0.39, 0.29) is 12.1 Å². The number of nitrogens with zero attached hydrogens (tertiary/aromatic N) is 1. The third kappa shape index (κ3) is 5.49. The molecule has 0 fully saturated rings. The number of rotatable bonds is 6. The van der Waals surface area contributed by atoms with E-state index in [1.165, 1.54) is 4.40 Å². The van der Waals surface area contributed by atoms with Crippen molar-refractivity contribution in [2.75, 3.05) is 7.11 Å². The summed E-state index contributed by atoms with van der Waals surface area (Å²) in [7, 11) is 1.63. The van der Waals surface area contributed by atoms with Gasteiger partial charge in [-0.3, -0.25) is 0 Å². The summed E-state index contributed by atoms with van der Waals surface area (Å²) in [6.07, 6.45) is 0. The first-order valence-corrected chi connectivity index (χ1v) is 16.1. The molecule has 0 bridgehead atoms. The third-order valence-electron chi connectivity index (χ3n) is 4.13. The zero-order chi connectivity index (χ0) is 19.4. The fraction of sp³-hybridized carbons (Fsp3) is 0.579. The normalized spacial score (nSPS) is 11.6. The van der Waals surface area contributed by atoms with Crippen LogP contribution in [0.4, 0.5) is 0 Å². The van der Waals surface area contributed by atoms with Gasteiger partial charge in [0, 0.05) is 0 Å². The van der Waals surface area contributed by atoms with Gasteiger partial charge in [-0.05, 0) is 0 Å². The molecule has 0 aliphatic carbocycles. The molecule has 0 aliphatic heterocycles. The molecule has 5 nitrogen and oxygen atoms in total. The fourth-order valence-corrected chi connectivity index (χ4v) is 6.66. The van der Waals surface area contributed by atoms with Gasteiger partial charge in [0.2, 0.25) is 0 Å². The van der Waals surface area contributed by atoms with Gasteiger partial charge < -0.3 is 0 Å². The number of benzene rings is 1. The Morgan fingerprint density at radius 1 is 1.12 bits per heavy atom. The van der Waals surface area contributed by atoms with Gasteiger partial charge in [0.05, 0.1) is 0 Å². The van der Waals surface area contributed by atoms with Crippen LogP contribution in [-0.2, 0) is 16.1 Å². The monoisotopic (exact) mass is 410 g/mol. The molecule has 2 amide bonds. The maximum atomic E-state index is 12.5. The van der Waals surface area contributed by atoms with Crippen molar-refractivity contribution in [3.8, 4) is 5.75 Å². The van der Waals surface area contributed by atoms with E-state index in [1.807, 2.05) is 39.8 Å². The Bertz CT molecular complexity index is 614. The van der Waals surface area contributed by atoms with E-state index in [4.69, 9.17) is 4.74 Å². The molecule has 1 rings (SSSR count). The molecular weight excluding hydrogens is 377 g/mol. The first kappa shape index (κ1) is 21.5. The number of methoxy groups -OCH3 is 1. The van der Waals surface area contributed by atoms with Crippen LogP contribution >= 0.6 is 0 Å². The van der Waals surface area contributed by atoms with Crippen molar-refractivity contribution in [3.05, 3.63) is 23.8 Å². The zero-order valence-corrected chi connectivity index (χ0v) is 18.9. The van der Waals surface area contributed by atoms with Crippen molar-refractivity contribution < 1.29 is 14.3 Å². The van der Waals surface area contributed by atoms with Gasteiger partial charge in [0.15, 0.2) is 0 Å². The summed E-state index contributed by atoms with van der Waals surface area (Å²) in [4.78, 5) is 26.5. The van der Waals surface area contributed by atoms with Gasteiger partial charge in [0.1, 0.15) is 0 Å². The molecule has 25 heavy (non-hydrogen) atoms. The van der Waals surface area contributed by atoms with Crippen molar-refractivity contribution >= 4 is 29.5 Å². The van der Waals surface area contributed by atoms with Crippen LogP contribution in [0.25, 0.3) is 0 Å². The second kappa shape index (κ2) is 8.74. The van der Waals surface area contributed by atoms with Gasteiger partial charge in [-0.15, -0.1) is 0 Å². The Labute approximate surface area is 154 Å². The van der Waals surface area contributed by atoms with E-state index in [0.29, 0.717) is 6.54 Å². The standard InChI is InChI=1S/C19H32GeN2O3/c1-13(2)22(14(3)4)19(24)18(23)21-12-15-16(20(5,6)7)10-9-11-17(15)25-8/h9-11,13-14H,12H2,1-8H3,(H,21,23). The molecule has 0 heterocycles. The molecule has 1 N–H and O–H groups in total. The Hall–Kier alpha value is -1.50. The number of amides is 2. The minimum absolute atomic E-state index is 0.0235. The molecule has 6 heteroatoms. The summed E-state index contributed by atoms with van der Waals surface area (Å²) in [5.41, 5.74) is 0.985. The molecule has 0 radical (unpaired) electrons. The van der Waals surface area contributed by atoms with Gasteiger partial charge in [-0.25, -0.2) is 0 Å². The average molecular weight is 409 g/mol. The fourth-order valence-electron chi connectivity index (χ4n) is 3.07. The van der Waals surface area contributed by atoms with Crippen LogP contribution in [0, 0.1) is 0 Å². The predicted octanol–water partition coefficient (Wildman–Crippen LogP) is 2.50. The number of nitrogens with one attached hydrogen (secondary N) is 1. The summed E-state index contributed by atoms with van der Waals surface area (Å²) in [5.74, 6) is 6.59. The molecule has 0 unspecified atom stereocenters. The predicted molar refractivity (Wildman–Crippen MR) is 105 cm³/mol. The molecule has 1 aromatic rings. The number of hydrogen-bond donors (Lipinski definition) is 1. The Kier molecular flexibility index (Phi) is 7.53. The van der Waals surface area contributed by atoms with Crippen molar-refractivity contribution in [1.29, 1.82) is 0 Å². The SMILES string of the molecule is COc1ccc[c]([Ge]([CH3])([CH3])[CH3])c1CNC(=O)C(=O)N(C(C)C)C(C)C. The van der Waals surface area contributed by atoms with E-state index in [1.54, 1.807) is 12.0 Å². The second-order valence-electron chi connectivity index (χ2n) is 7.82. The van der Waals surface area contributed by atoms with Crippen molar-refractivity contribution in [1.82, 2.24) is 10.2 Å². The van der Waals surface area contributed by atoms with Crippen molar-refractivity contribution in [3.63, 3.8) is 0 Å². The summed E-state index contributed by atoms with van der Waals surface area (Å²) in [5, 5.41) is 2.80. The number of hydrogen-bond acceptors (Lipinski definition) is 3. The van der Waals surface area contributed by atoms with Crippen LogP contribution in [0.5, 0.6) is 5.75 Å². The molecule has 1 aromatic carbocycles. The van der Waals surface area contributed by atoms with Crippen molar-refractivity contribution in [2.24, 2.45) is 0 Å². The van der Waals surface area contributed by atoms with E-state index in [9.17, 15) is 9.59 Å². The Balaban J connectivity index is 3.01. The second-order valence-corrected chi connectivity index (χ2v) is 18.4. The van der Waals surface area contributed by atoms with Crippen LogP contribution < -0.4 is 14.4 Å². The van der Waals surface area contributed by atoms with Crippen molar-refractivity contribution in [2.45, 2.75) is 63.6 Å². The topological polar surface area (TPSA) is 58.6 Å². The zero-order valence-electron chi connectivity index (χ0n) is 16.8. The number of carbonyl (C=O) groups excluding carboxylic acids is 2. The first-order valence-electron chi connectivity index (χ1n) is 8.77. The maximum absolute atomic E-state index is 12.5. The van der Waals surface area contributed by atoms with Crippen LogP contribution in [0.3, 0.4) is 0 Å². The van der Waals surface area contributed by atoms with E-state index in [2.05, 4.69) is 28.7 Å². The summed E-state index contributed by atoms with van der Waals surface area (Å²) >= 11 is -2.14. The van der Waals surface area contributed by atoms with E-state index in [0.717, 1.165) is 11.3 Å². The Morgan fingerprint density at radius 3 is 2.12 bits per heavy atom. The molecule has 0 atom stereocenters. The summed E-state index contributed by atoms with van der Waals surface area (Å²) < 4.78 is 6.76. The minimum atomic E-state index is -2.14. The molecular formula is C19H32GeN2O3. The average Bonchev–Trinajstić information content (AvgIpc) is 2.50.